The maximum absolute atomic E-state index is 12.5. The molecule has 0 aromatic carbocycles. The number of aromatic nitrogens is 1. The van der Waals surface area contributed by atoms with Crippen molar-refractivity contribution in [2.24, 2.45) is 5.92 Å². The molecule has 0 N–H and O–H groups in total. The Morgan fingerprint density at radius 1 is 1.26 bits per heavy atom. The van der Waals surface area contributed by atoms with E-state index >= 15 is 0 Å². The van der Waals surface area contributed by atoms with Gasteiger partial charge in [-0.05, 0) is 30.9 Å². The summed E-state index contributed by atoms with van der Waals surface area (Å²) < 4.78 is 26.5. The molecule has 1 saturated heterocycles. The number of amides is 1. The fraction of sp³-hybridized carbons (Fsp3) is 0.500. The molecule has 1 aliphatic carbocycles. The van der Waals surface area contributed by atoms with Crippen LogP contribution in [0.1, 0.15) is 19.3 Å². The second kappa shape index (κ2) is 6.80. The van der Waals surface area contributed by atoms with Crippen molar-refractivity contribution < 1.29 is 13.2 Å². The highest BCUT2D eigenvalue weighted by Crippen LogP contribution is 2.22. The number of carbonyl (C=O) groups is 1. The maximum atomic E-state index is 12.5. The van der Waals surface area contributed by atoms with E-state index in [1.54, 1.807) is 23.2 Å². The predicted octanol–water partition coefficient (Wildman–Crippen LogP) is 1.27. The summed E-state index contributed by atoms with van der Waals surface area (Å²) in [5, 5.41) is 0. The van der Waals surface area contributed by atoms with Crippen LogP contribution in [-0.2, 0) is 14.8 Å². The molecular formula is C16H21N3O3S. The molecule has 1 amide bonds. The number of nitrogens with zero attached hydrogens (tertiary/aromatic N) is 3. The van der Waals surface area contributed by atoms with Crippen LogP contribution in [0.4, 0.5) is 0 Å². The van der Waals surface area contributed by atoms with Gasteiger partial charge < -0.3 is 4.90 Å². The molecule has 0 bridgehead atoms. The van der Waals surface area contributed by atoms with E-state index in [0.717, 1.165) is 12.8 Å². The minimum absolute atomic E-state index is 0.125. The van der Waals surface area contributed by atoms with Crippen LogP contribution in [0, 0.1) is 5.92 Å². The second-order valence-corrected chi connectivity index (χ2v) is 7.88. The van der Waals surface area contributed by atoms with Crippen LogP contribution >= 0.6 is 0 Å². The standard InChI is InChI=1S/C16H21N3O3S/c20-16(12-14-4-1-2-5-14)18-8-10-19(11-9-18)23(21,22)15-6-3-7-17-13-15/h1,3-4,6-7,13-14H,2,5,8-12H2/t14-/m0/s1. The quantitative estimate of drug-likeness (QED) is 0.777. The molecule has 2 aliphatic rings. The van der Waals surface area contributed by atoms with Crippen molar-refractivity contribution in [3.8, 4) is 0 Å². The van der Waals surface area contributed by atoms with Crippen LogP contribution < -0.4 is 0 Å². The van der Waals surface area contributed by atoms with Gasteiger partial charge >= 0.3 is 0 Å². The third kappa shape index (κ3) is 3.61. The fourth-order valence-corrected chi connectivity index (χ4v) is 4.43. The van der Waals surface area contributed by atoms with E-state index in [1.165, 1.54) is 10.5 Å². The Labute approximate surface area is 136 Å². The molecule has 0 unspecified atom stereocenters. The fourth-order valence-electron chi connectivity index (χ4n) is 3.05. The number of allylic oxidation sites excluding steroid dienone is 2. The normalized spacial score (nSPS) is 22.4. The number of carbonyl (C=O) groups excluding carboxylic acids is 1. The Kier molecular flexibility index (Phi) is 4.77. The topological polar surface area (TPSA) is 70.6 Å². The number of piperazine rings is 1. The number of sulfonamides is 1. The molecule has 1 atom stereocenters. The number of rotatable bonds is 4. The van der Waals surface area contributed by atoms with E-state index in [1.807, 2.05) is 0 Å². The van der Waals surface area contributed by atoms with E-state index in [4.69, 9.17) is 0 Å². The van der Waals surface area contributed by atoms with E-state index in [-0.39, 0.29) is 10.8 Å². The molecular weight excluding hydrogens is 314 g/mol. The first-order chi connectivity index (χ1) is 11.1. The van der Waals surface area contributed by atoms with Gasteiger partial charge in [0.1, 0.15) is 4.90 Å². The van der Waals surface area contributed by atoms with Gasteiger partial charge in [0.2, 0.25) is 15.9 Å². The molecule has 1 aromatic heterocycles. The summed E-state index contributed by atoms with van der Waals surface area (Å²) >= 11 is 0. The van der Waals surface area contributed by atoms with E-state index < -0.39 is 10.0 Å². The zero-order valence-corrected chi connectivity index (χ0v) is 13.8. The van der Waals surface area contributed by atoms with E-state index in [2.05, 4.69) is 17.1 Å². The molecule has 2 heterocycles. The van der Waals surface area contributed by atoms with Crippen LogP contribution in [0.2, 0.25) is 0 Å². The maximum Gasteiger partial charge on any atom is 0.244 e. The van der Waals surface area contributed by atoms with Gasteiger partial charge in [-0.1, -0.05) is 12.2 Å². The van der Waals surface area contributed by atoms with Crippen molar-refractivity contribution in [2.75, 3.05) is 26.2 Å². The summed E-state index contributed by atoms with van der Waals surface area (Å²) in [5.41, 5.74) is 0. The van der Waals surface area contributed by atoms with Crippen LogP contribution in [0.5, 0.6) is 0 Å². The first-order valence-corrected chi connectivity index (χ1v) is 9.36. The number of hydrogen-bond acceptors (Lipinski definition) is 4. The van der Waals surface area contributed by atoms with Gasteiger partial charge in [-0.25, -0.2) is 8.42 Å². The average Bonchev–Trinajstić information content (AvgIpc) is 3.09. The Morgan fingerprint density at radius 2 is 2.04 bits per heavy atom. The zero-order chi connectivity index (χ0) is 16.3. The lowest BCUT2D eigenvalue weighted by Gasteiger charge is -2.34. The molecule has 124 valence electrons. The highest BCUT2D eigenvalue weighted by molar-refractivity contribution is 7.89. The zero-order valence-electron chi connectivity index (χ0n) is 13.0. The van der Waals surface area contributed by atoms with E-state index in [0.29, 0.717) is 38.5 Å². The van der Waals surface area contributed by atoms with Crippen molar-refractivity contribution in [1.29, 1.82) is 0 Å². The van der Waals surface area contributed by atoms with Gasteiger partial charge in [0.15, 0.2) is 0 Å². The molecule has 3 rings (SSSR count). The van der Waals surface area contributed by atoms with Gasteiger partial charge in [-0.2, -0.15) is 4.31 Å². The summed E-state index contributed by atoms with van der Waals surface area (Å²) in [4.78, 5) is 18.1. The van der Waals surface area contributed by atoms with E-state index in [9.17, 15) is 13.2 Å². The first-order valence-electron chi connectivity index (χ1n) is 7.92. The molecule has 6 nitrogen and oxygen atoms in total. The lowest BCUT2D eigenvalue weighted by atomic mass is 10.0. The Balaban J connectivity index is 1.58. The smallest absolute Gasteiger partial charge is 0.244 e. The van der Waals surface area contributed by atoms with Crippen LogP contribution in [0.3, 0.4) is 0 Å². The van der Waals surface area contributed by atoms with Gasteiger partial charge in [0.05, 0.1) is 0 Å². The molecule has 23 heavy (non-hydrogen) atoms. The average molecular weight is 335 g/mol. The summed E-state index contributed by atoms with van der Waals surface area (Å²) in [6.07, 6.45) is 9.77. The lowest BCUT2D eigenvalue weighted by Crippen LogP contribution is -2.50. The van der Waals surface area contributed by atoms with Gasteiger partial charge in [-0.3, -0.25) is 9.78 Å². The SMILES string of the molecule is O=C(C[C@H]1C=CCC1)N1CCN(S(=O)(=O)c2cccnc2)CC1. The minimum atomic E-state index is -3.51. The molecule has 0 radical (unpaired) electrons. The van der Waals surface area contributed by atoms with Crippen LogP contribution in [0.25, 0.3) is 0 Å². The second-order valence-electron chi connectivity index (χ2n) is 5.94. The highest BCUT2D eigenvalue weighted by Gasteiger charge is 2.30. The van der Waals surface area contributed by atoms with Crippen molar-refractivity contribution >= 4 is 15.9 Å². The summed E-state index contributed by atoms with van der Waals surface area (Å²) in [7, 11) is -3.51. The molecule has 1 fully saturated rings. The highest BCUT2D eigenvalue weighted by atomic mass is 32.2. The largest absolute Gasteiger partial charge is 0.340 e. The van der Waals surface area contributed by atoms with Crippen molar-refractivity contribution in [3.05, 3.63) is 36.7 Å². The summed E-state index contributed by atoms with van der Waals surface area (Å²) in [6.45, 7) is 1.58. The third-order valence-electron chi connectivity index (χ3n) is 4.41. The molecule has 1 aromatic rings. The Bertz CT molecular complexity index is 680. The molecule has 1 aliphatic heterocycles. The number of hydrogen-bond donors (Lipinski definition) is 0. The third-order valence-corrected chi connectivity index (χ3v) is 6.29. The summed E-state index contributed by atoms with van der Waals surface area (Å²) in [6, 6.07) is 3.16. The molecule has 0 spiro atoms. The van der Waals surface area contributed by atoms with Crippen molar-refractivity contribution in [2.45, 2.75) is 24.2 Å². The Hall–Kier alpha value is -1.73. The minimum Gasteiger partial charge on any atom is -0.340 e. The van der Waals surface area contributed by atoms with Gasteiger partial charge in [0.25, 0.3) is 0 Å². The monoisotopic (exact) mass is 335 g/mol. The van der Waals surface area contributed by atoms with Crippen LogP contribution in [0.15, 0.2) is 41.6 Å². The first kappa shape index (κ1) is 16.1. The van der Waals surface area contributed by atoms with Crippen LogP contribution in [-0.4, -0.2) is 54.7 Å². The molecule has 7 heteroatoms. The Morgan fingerprint density at radius 3 is 2.65 bits per heavy atom. The summed E-state index contributed by atoms with van der Waals surface area (Å²) in [5.74, 6) is 0.472. The van der Waals surface area contributed by atoms with Gasteiger partial charge in [0, 0.05) is 45.0 Å². The van der Waals surface area contributed by atoms with Gasteiger partial charge in [-0.15, -0.1) is 0 Å². The number of pyridine rings is 1. The predicted molar refractivity (Wildman–Crippen MR) is 86.1 cm³/mol. The lowest BCUT2D eigenvalue weighted by molar-refractivity contribution is -0.133. The van der Waals surface area contributed by atoms with Crippen molar-refractivity contribution in [1.82, 2.24) is 14.2 Å². The molecule has 0 saturated carbocycles. The van der Waals surface area contributed by atoms with Crippen molar-refractivity contribution in [3.63, 3.8) is 0 Å².